The van der Waals surface area contributed by atoms with Crippen LogP contribution in [0.25, 0.3) is 0 Å². The number of carboxylic acids is 1. The number of thioether (sulfide) groups is 1. The third kappa shape index (κ3) is 6.51. The second-order valence-corrected chi connectivity index (χ2v) is 5.06. The van der Waals surface area contributed by atoms with Gasteiger partial charge in [-0.05, 0) is 25.0 Å². The fraction of sp³-hybridized carbons (Fsp3) is 0.385. The Balaban J connectivity index is 2.47. The molecule has 110 valence electrons. The molecule has 0 aliphatic carbocycles. The Morgan fingerprint density at radius 1 is 1.20 bits per heavy atom. The number of nitrogens with one attached hydrogen (secondary N) is 1. The lowest BCUT2D eigenvalue weighted by Crippen LogP contribution is -2.12. The van der Waals surface area contributed by atoms with Crippen LogP contribution in [0.2, 0.25) is 0 Å². The third-order valence-electron chi connectivity index (χ3n) is 2.42. The number of benzene rings is 1. The maximum Gasteiger partial charge on any atom is 0.303 e. The van der Waals surface area contributed by atoms with E-state index in [9.17, 15) is 18.4 Å². The lowest BCUT2D eigenvalue weighted by Gasteiger charge is -2.10. The SMILES string of the molecule is O=C(O)CCCCC(=O)Nc1ccccc1SC(F)F. The van der Waals surface area contributed by atoms with Gasteiger partial charge in [-0.2, -0.15) is 8.78 Å². The molecular weight excluding hydrogens is 288 g/mol. The molecule has 0 saturated carbocycles. The summed E-state index contributed by atoms with van der Waals surface area (Å²) in [4.78, 5) is 22.3. The van der Waals surface area contributed by atoms with Crippen LogP contribution in [0.3, 0.4) is 0 Å². The van der Waals surface area contributed by atoms with Gasteiger partial charge >= 0.3 is 5.97 Å². The number of para-hydroxylation sites is 1. The van der Waals surface area contributed by atoms with Crippen LogP contribution in [-0.2, 0) is 9.59 Å². The number of carboxylic acid groups (broad SMARTS) is 1. The fourth-order valence-electron chi connectivity index (χ4n) is 1.54. The number of amides is 1. The summed E-state index contributed by atoms with van der Waals surface area (Å²) in [5.74, 6) is -3.76. The predicted octanol–water partition coefficient (Wildman–Crippen LogP) is 3.58. The third-order valence-corrected chi connectivity index (χ3v) is 3.21. The van der Waals surface area contributed by atoms with Crippen molar-refractivity contribution in [3.05, 3.63) is 24.3 Å². The molecule has 1 aromatic rings. The molecule has 0 bridgehead atoms. The van der Waals surface area contributed by atoms with Crippen molar-refractivity contribution in [1.29, 1.82) is 0 Å². The van der Waals surface area contributed by atoms with E-state index in [0.717, 1.165) is 0 Å². The molecule has 4 nitrogen and oxygen atoms in total. The Kier molecular flexibility index (Phi) is 7.00. The summed E-state index contributed by atoms with van der Waals surface area (Å²) in [5, 5.41) is 11.0. The van der Waals surface area contributed by atoms with E-state index in [1.165, 1.54) is 6.07 Å². The van der Waals surface area contributed by atoms with Crippen LogP contribution in [-0.4, -0.2) is 22.7 Å². The Hall–Kier alpha value is -1.63. The summed E-state index contributed by atoms with van der Waals surface area (Å²) in [7, 11) is 0. The van der Waals surface area contributed by atoms with Gasteiger partial charge in [-0.1, -0.05) is 23.9 Å². The lowest BCUT2D eigenvalue weighted by molar-refractivity contribution is -0.137. The number of aliphatic carboxylic acids is 1. The zero-order chi connectivity index (χ0) is 15.0. The number of halogens is 2. The zero-order valence-corrected chi connectivity index (χ0v) is 11.5. The van der Waals surface area contributed by atoms with Gasteiger partial charge in [0.25, 0.3) is 5.76 Å². The van der Waals surface area contributed by atoms with Crippen molar-refractivity contribution in [3.63, 3.8) is 0 Å². The number of carbonyl (C=O) groups is 2. The fourth-order valence-corrected chi connectivity index (χ4v) is 2.14. The molecule has 1 rings (SSSR count). The topological polar surface area (TPSA) is 66.4 Å². The minimum atomic E-state index is -2.55. The summed E-state index contributed by atoms with van der Waals surface area (Å²) in [6, 6.07) is 6.33. The van der Waals surface area contributed by atoms with E-state index in [0.29, 0.717) is 35.2 Å². The molecule has 0 fully saturated rings. The molecule has 0 unspecified atom stereocenters. The standard InChI is InChI=1S/C13H15F2NO3S/c14-13(15)20-10-6-2-1-5-9(10)16-11(17)7-3-4-8-12(18)19/h1-2,5-6,13H,3-4,7-8H2,(H,16,17)(H,18,19). The van der Waals surface area contributed by atoms with Crippen LogP contribution in [0.15, 0.2) is 29.2 Å². The molecule has 0 heterocycles. The molecule has 0 saturated heterocycles. The first-order valence-corrected chi connectivity index (χ1v) is 6.92. The molecule has 0 aromatic heterocycles. The monoisotopic (exact) mass is 303 g/mol. The molecule has 20 heavy (non-hydrogen) atoms. The predicted molar refractivity (Wildman–Crippen MR) is 73.0 cm³/mol. The normalized spacial score (nSPS) is 10.6. The van der Waals surface area contributed by atoms with Crippen molar-refractivity contribution in [3.8, 4) is 0 Å². The van der Waals surface area contributed by atoms with Crippen LogP contribution >= 0.6 is 11.8 Å². The summed E-state index contributed by atoms with van der Waals surface area (Å²) in [6.45, 7) is 0. The van der Waals surface area contributed by atoms with E-state index in [4.69, 9.17) is 5.11 Å². The number of alkyl halides is 2. The zero-order valence-electron chi connectivity index (χ0n) is 10.6. The van der Waals surface area contributed by atoms with Gasteiger partial charge in [0.15, 0.2) is 0 Å². The second-order valence-electron chi connectivity index (χ2n) is 4.02. The summed E-state index contributed by atoms with van der Waals surface area (Å²) in [6.07, 6.45) is 1.05. The molecule has 0 atom stereocenters. The van der Waals surface area contributed by atoms with Gasteiger partial charge in [-0.3, -0.25) is 9.59 Å². The van der Waals surface area contributed by atoms with Crippen molar-refractivity contribution < 1.29 is 23.5 Å². The van der Waals surface area contributed by atoms with Gasteiger partial charge in [-0.25, -0.2) is 0 Å². The molecule has 1 amide bonds. The number of anilines is 1. The highest BCUT2D eigenvalue weighted by atomic mass is 32.2. The second kappa shape index (κ2) is 8.52. The Morgan fingerprint density at radius 2 is 1.85 bits per heavy atom. The van der Waals surface area contributed by atoms with Crippen molar-refractivity contribution in [2.24, 2.45) is 0 Å². The average Bonchev–Trinajstić information content (AvgIpc) is 2.36. The van der Waals surface area contributed by atoms with E-state index in [-0.39, 0.29) is 18.7 Å². The number of rotatable bonds is 8. The Labute approximate surface area is 119 Å². The first kappa shape index (κ1) is 16.4. The van der Waals surface area contributed by atoms with E-state index in [2.05, 4.69) is 5.32 Å². The molecule has 0 radical (unpaired) electrons. The lowest BCUT2D eigenvalue weighted by atomic mass is 10.2. The van der Waals surface area contributed by atoms with E-state index in [1.54, 1.807) is 18.2 Å². The number of hydrogen-bond acceptors (Lipinski definition) is 3. The van der Waals surface area contributed by atoms with Gasteiger partial charge in [0, 0.05) is 17.7 Å². The van der Waals surface area contributed by atoms with Crippen LogP contribution in [0.1, 0.15) is 25.7 Å². The van der Waals surface area contributed by atoms with Crippen LogP contribution in [0.5, 0.6) is 0 Å². The highest BCUT2D eigenvalue weighted by Gasteiger charge is 2.11. The summed E-state index contributed by atoms with van der Waals surface area (Å²) in [5.41, 5.74) is 0.348. The van der Waals surface area contributed by atoms with Crippen molar-refractivity contribution in [2.75, 3.05) is 5.32 Å². The van der Waals surface area contributed by atoms with E-state index in [1.807, 2.05) is 0 Å². The minimum absolute atomic E-state index is 0.0189. The summed E-state index contributed by atoms with van der Waals surface area (Å²) < 4.78 is 24.7. The Bertz CT molecular complexity index is 469. The number of hydrogen-bond donors (Lipinski definition) is 2. The van der Waals surface area contributed by atoms with Crippen molar-refractivity contribution in [1.82, 2.24) is 0 Å². The smallest absolute Gasteiger partial charge is 0.303 e. The van der Waals surface area contributed by atoms with Gasteiger partial charge in [-0.15, -0.1) is 0 Å². The largest absolute Gasteiger partial charge is 0.481 e. The molecule has 0 spiro atoms. The highest BCUT2D eigenvalue weighted by Crippen LogP contribution is 2.31. The van der Waals surface area contributed by atoms with Gasteiger partial charge in [0.1, 0.15) is 0 Å². The molecule has 7 heteroatoms. The molecule has 2 N–H and O–H groups in total. The first-order chi connectivity index (χ1) is 9.49. The maximum absolute atomic E-state index is 12.4. The maximum atomic E-state index is 12.4. The molecule has 1 aromatic carbocycles. The van der Waals surface area contributed by atoms with E-state index < -0.39 is 11.7 Å². The first-order valence-electron chi connectivity index (χ1n) is 6.04. The quantitative estimate of drug-likeness (QED) is 0.569. The van der Waals surface area contributed by atoms with Crippen molar-refractivity contribution >= 4 is 29.3 Å². The van der Waals surface area contributed by atoms with Gasteiger partial charge in [0.05, 0.1) is 5.69 Å². The Morgan fingerprint density at radius 3 is 2.50 bits per heavy atom. The molecule has 0 aliphatic heterocycles. The average molecular weight is 303 g/mol. The molecular formula is C13H15F2NO3S. The van der Waals surface area contributed by atoms with Gasteiger partial charge < -0.3 is 10.4 Å². The van der Waals surface area contributed by atoms with E-state index >= 15 is 0 Å². The van der Waals surface area contributed by atoms with Gasteiger partial charge in [0.2, 0.25) is 5.91 Å². The van der Waals surface area contributed by atoms with Crippen LogP contribution < -0.4 is 5.32 Å². The van der Waals surface area contributed by atoms with Crippen LogP contribution in [0, 0.1) is 0 Å². The highest BCUT2D eigenvalue weighted by molar-refractivity contribution is 7.99. The van der Waals surface area contributed by atoms with Crippen molar-refractivity contribution in [2.45, 2.75) is 36.3 Å². The minimum Gasteiger partial charge on any atom is -0.481 e. The number of carbonyl (C=O) groups excluding carboxylic acids is 1. The molecule has 0 aliphatic rings. The van der Waals surface area contributed by atoms with Crippen LogP contribution in [0.4, 0.5) is 14.5 Å². The summed E-state index contributed by atoms with van der Waals surface area (Å²) >= 11 is 0.374. The number of unbranched alkanes of at least 4 members (excludes halogenated alkanes) is 1.